The maximum absolute atomic E-state index is 11.0. The minimum atomic E-state index is -1.18. The second-order valence-corrected chi connectivity index (χ2v) is 2.93. The van der Waals surface area contributed by atoms with Crippen LogP contribution >= 0.6 is 12.4 Å². The summed E-state index contributed by atoms with van der Waals surface area (Å²) in [7, 11) is 0. The van der Waals surface area contributed by atoms with Gasteiger partial charge in [-0.25, -0.2) is 0 Å². The van der Waals surface area contributed by atoms with Gasteiger partial charge in [0.05, 0.1) is 19.6 Å². The van der Waals surface area contributed by atoms with Crippen molar-refractivity contribution in [2.75, 3.05) is 26.2 Å². The third-order valence-corrected chi connectivity index (χ3v) is 1.51. The second-order valence-electron chi connectivity index (χ2n) is 2.93. The number of carbonyl (C=O) groups excluding carboxylic acids is 3. The van der Waals surface area contributed by atoms with Crippen LogP contribution in [0, 0.1) is 0 Å². The van der Waals surface area contributed by atoms with Crippen molar-refractivity contribution < 1.29 is 24.3 Å². The molecule has 6 N–H and O–H groups in total. The summed E-state index contributed by atoms with van der Waals surface area (Å²) in [4.78, 5) is 42.8. The van der Waals surface area contributed by atoms with E-state index in [1.54, 1.807) is 0 Å². The van der Waals surface area contributed by atoms with Crippen LogP contribution in [0.15, 0.2) is 0 Å². The number of nitrogens with one attached hydrogen (secondary N) is 3. The highest BCUT2D eigenvalue weighted by Crippen LogP contribution is 1.69. The third-order valence-electron chi connectivity index (χ3n) is 1.51. The van der Waals surface area contributed by atoms with Crippen molar-refractivity contribution in [3.05, 3.63) is 0 Å². The highest BCUT2D eigenvalue weighted by Gasteiger charge is 2.07. The van der Waals surface area contributed by atoms with Gasteiger partial charge in [0.25, 0.3) is 0 Å². The quantitative estimate of drug-likeness (QED) is 0.332. The van der Waals surface area contributed by atoms with Gasteiger partial charge in [-0.3, -0.25) is 19.2 Å². The van der Waals surface area contributed by atoms with Gasteiger partial charge in [0, 0.05) is 0 Å². The molecule has 0 unspecified atom stereocenters. The Morgan fingerprint density at radius 1 is 0.833 bits per heavy atom. The summed E-state index contributed by atoms with van der Waals surface area (Å²) in [6.07, 6.45) is 0. The molecule has 3 amide bonds. The number of rotatable bonds is 7. The fourth-order valence-corrected chi connectivity index (χ4v) is 0.729. The number of carboxylic acid groups (broad SMARTS) is 1. The average molecular weight is 283 g/mol. The Morgan fingerprint density at radius 3 is 1.61 bits per heavy atom. The molecule has 0 aromatic heterocycles. The van der Waals surface area contributed by atoms with Crippen LogP contribution in [0.3, 0.4) is 0 Å². The topological polar surface area (TPSA) is 151 Å². The zero-order valence-corrected chi connectivity index (χ0v) is 10.2. The molecular formula is C8H15ClN4O5. The molecule has 10 heteroatoms. The molecule has 0 radical (unpaired) electrons. The Bertz CT molecular complexity index is 323. The zero-order valence-electron chi connectivity index (χ0n) is 9.39. The van der Waals surface area contributed by atoms with Gasteiger partial charge in [0.1, 0.15) is 6.54 Å². The first-order chi connectivity index (χ1) is 7.95. The summed E-state index contributed by atoms with van der Waals surface area (Å²) in [5.74, 6) is -2.88. The van der Waals surface area contributed by atoms with Crippen molar-refractivity contribution >= 4 is 36.1 Å². The monoisotopic (exact) mass is 282 g/mol. The molecule has 0 saturated heterocycles. The van der Waals surface area contributed by atoms with Gasteiger partial charge in [-0.15, -0.1) is 12.4 Å². The van der Waals surface area contributed by atoms with E-state index in [1.807, 2.05) is 0 Å². The molecule has 0 heterocycles. The van der Waals surface area contributed by atoms with Crippen LogP contribution in [0.5, 0.6) is 0 Å². The van der Waals surface area contributed by atoms with Crippen LogP contribution in [-0.4, -0.2) is 55.0 Å². The predicted octanol–water partition coefficient (Wildman–Crippen LogP) is -3.20. The minimum Gasteiger partial charge on any atom is -0.480 e. The Morgan fingerprint density at radius 2 is 1.22 bits per heavy atom. The molecule has 0 aromatic rings. The fraction of sp³-hybridized carbons (Fsp3) is 0.500. The van der Waals surface area contributed by atoms with E-state index in [2.05, 4.69) is 16.0 Å². The highest BCUT2D eigenvalue weighted by molar-refractivity contribution is 5.89. The molecule has 0 spiro atoms. The highest BCUT2D eigenvalue weighted by atomic mass is 35.5. The molecule has 0 aliphatic carbocycles. The molecule has 0 bridgehead atoms. The lowest BCUT2D eigenvalue weighted by atomic mass is 10.5. The largest absolute Gasteiger partial charge is 0.480 e. The Kier molecular flexibility index (Phi) is 10.6. The van der Waals surface area contributed by atoms with E-state index in [0.29, 0.717) is 0 Å². The number of carbonyl (C=O) groups is 4. The van der Waals surface area contributed by atoms with Gasteiger partial charge in [0.2, 0.25) is 17.7 Å². The summed E-state index contributed by atoms with van der Waals surface area (Å²) in [5.41, 5.74) is 4.98. The standard InChI is InChI=1S/C8H14N4O5.ClH/c9-1-5(13)10-2-6(14)11-3-7(15)12-4-8(16)17;/h1-4,9H2,(H,10,13)(H,11,14)(H,12,15)(H,16,17);1H. The van der Waals surface area contributed by atoms with Crippen molar-refractivity contribution in [3.8, 4) is 0 Å². The number of halogens is 1. The lowest BCUT2D eigenvalue weighted by molar-refractivity contribution is -0.137. The maximum Gasteiger partial charge on any atom is 0.322 e. The molecular weight excluding hydrogens is 268 g/mol. The van der Waals surface area contributed by atoms with E-state index in [9.17, 15) is 19.2 Å². The van der Waals surface area contributed by atoms with Crippen LogP contribution in [0.1, 0.15) is 0 Å². The van der Waals surface area contributed by atoms with E-state index >= 15 is 0 Å². The number of aliphatic carboxylic acids is 1. The number of hydrogen-bond donors (Lipinski definition) is 5. The van der Waals surface area contributed by atoms with E-state index in [4.69, 9.17) is 10.8 Å². The molecule has 0 fully saturated rings. The van der Waals surface area contributed by atoms with Crippen LogP contribution in [-0.2, 0) is 19.2 Å². The van der Waals surface area contributed by atoms with Crippen molar-refractivity contribution in [1.82, 2.24) is 16.0 Å². The summed E-state index contributed by atoms with van der Waals surface area (Å²) < 4.78 is 0. The molecule has 9 nitrogen and oxygen atoms in total. The molecule has 0 saturated carbocycles. The van der Waals surface area contributed by atoms with E-state index in [1.165, 1.54) is 0 Å². The summed E-state index contributed by atoms with van der Waals surface area (Å²) in [6, 6.07) is 0. The van der Waals surface area contributed by atoms with Crippen molar-refractivity contribution in [1.29, 1.82) is 0 Å². The Balaban J connectivity index is 0. The number of nitrogens with two attached hydrogens (primary N) is 1. The Hall–Kier alpha value is -1.87. The maximum atomic E-state index is 11.0. The van der Waals surface area contributed by atoms with Gasteiger partial charge in [-0.2, -0.15) is 0 Å². The molecule has 0 rings (SSSR count). The molecule has 0 aliphatic rings. The van der Waals surface area contributed by atoms with E-state index in [-0.39, 0.29) is 32.0 Å². The van der Waals surface area contributed by atoms with Crippen molar-refractivity contribution in [3.63, 3.8) is 0 Å². The van der Waals surface area contributed by atoms with Crippen LogP contribution in [0.4, 0.5) is 0 Å². The molecule has 18 heavy (non-hydrogen) atoms. The van der Waals surface area contributed by atoms with Gasteiger partial charge in [0.15, 0.2) is 0 Å². The molecule has 0 atom stereocenters. The van der Waals surface area contributed by atoms with Crippen LogP contribution in [0.2, 0.25) is 0 Å². The molecule has 0 aliphatic heterocycles. The van der Waals surface area contributed by atoms with E-state index in [0.717, 1.165) is 0 Å². The molecule has 104 valence electrons. The Labute approximate surface area is 109 Å². The normalized spacial score (nSPS) is 8.72. The summed E-state index contributed by atoms with van der Waals surface area (Å²) >= 11 is 0. The first-order valence-electron chi connectivity index (χ1n) is 4.67. The van der Waals surface area contributed by atoms with Gasteiger partial charge in [-0.05, 0) is 0 Å². The number of hydrogen-bond acceptors (Lipinski definition) is 5. The van der Waals surface area contributed by atoms with Gasteiger partial charge >= 0.3 is 5.97 Å². The predicted molar refractivity (Wildman–Crippen MR) is 63.0 cm³/mol. The second kappa shape index (κ2) is 10.3. The summed E-state index contributed by atoms with van der Waals surface area (Å²) in [6.45, 7) is -1.39. The lowest BCUT2D eigenvalue weighted by Gasteiger charge is -2.06. The lowest BCUT2D eigenvalue weighted by Crippen LogP contribution is -2.43. The number of amides is 3. The van der Waals surface area contributed by atoms with Gasteiger partial charge in [-0.1, -0.05) is 0 Å². The molecule has 0 aromatic carbocycles. The fourth-order valence-electron chi connectivity index (χ4n) is 0.729. The van der Waals surface area contributed by atoms with E-state index < -0.39 is 30.2 Å². The van der Waals surface area contributed by atoms with Crippen LogP contribution in [0.25, 0.3) is 0 Å². The first kappa shape index (κ1) is 18.5. The smallest absolute Gasteiger partial charge is 0.322 e. The summed E-state index contributed by atoms with van der Waals surface area (Å²) in [5, 5.41) is 14.7. The SMILES string of the molecule is Cl.NCC(=O)NCC(=O)NCC(=O)NCC(=O)O. The van der Waals surface area contributed by atoms with Crippen LogP contribution < -0.4 is 21.7 Å². The average Bonchev–Trinajstić information content (AvgIpc) is 2.30. The van der Waals surface area contributed by atoms with Crippen molar-refractivity contribution in [2.45, 2.75) is 0 Å². The van der Waals surface area contributed by atoms with Crippen molar-refractivity contribution in [2.24, 2.45) is 5.73 Å². The minimum absolute atomic E-state index is 0. The first-order valence-corrected chi connectivity index (χ1v) is 4.67. The zero-order chi connectivity index (χ0) is 13.3. The number of carboxylic acids is 1. The van der Waals surface area contributed by atoms with Gasteiger partial charge < -0.3 is 26.8 Å². The third kappa shape index (κ3) is 10.6.